The molecular weight excluding hydrogens is 557 g/mol. The molecule has 43 heavy (non-hydrogen) atoms. The molecule has 1 aliphatic carbocycles. The van der Waals surface area contributed by atoms with Crippen molar-refractivity contribution in [2.24, 2.45) is 5.92 Å². The van der Waals surface area contributed by atoms with Gasteiger partial charge in [-0.25, -0.2) is 0 Å². The number of benzene rings is 3. The van der Waals surface area contributed by atoms with Gasteiger partial charge in [0.05, 0.1) is 12.2 Å². The number of nitrogens with zero attached hydrogens (tertiary/aromatic N) is 2. The number of hydrogen-bond donors (Lipinski definition) is 1. The molecule has 0 radical (unpaired) electrons. The highest BCUT2D eigenvalue weighted by Gasteiger charge is 2.31. The summed E-state index contributed by atoms with van der Waals surface area (Å²) < 4.78 is 46.0. The first kappa shape index (κ1) is 30.6. The van der Waals surface area contributed by atoms with Crippen LogP contribution in [0, 0.1) is 5.92 Å². The SMILES string of the molecule is O=C(O)CN(Cc1cccc(C(F)(F)F)c1)C(=O)c1ccc2c(c1)Cc1cccc(c1)CN(CC1CC1)CCCCCO2. The first-order valence-electron chi connectivity index (χ1n) is 14.9. The molecule has 0 unspecified atom stereocenters. The fourth-order valence-corrected chi connectivity index (χ4v) is 5.62. The number of rotatable bonds is 7. The zero-order valence-corrected chi connectivity index (χ0v) is 24.1. The van der Waals surface area contributed by atoms with E-state index in [1.165, 1.54) is 30.5 Å². The number of carboxylic acid groups (broad SMARTS) is 1. The zero-order chi connectivity index (χ0) is 30.4. The Kier molecular flexibility index (Phi) is 9.70. The van der Waals surface area contributed by atoms with Crippen LogP contribution in [-0.4, -0.2) is 53.0 Å². The number of fused-ring (bicyclic) bond motifs is 3. The third-order valence-electron chi connectivity index (χ3n) is 7.93. The van der Waals surface area contributed by atoms with Crippen LogP contribution < -0.4 is 4.74 Å². The number of amides is 1. The predicted molar refractivity (Wildman–Crippen MR) is 157 cm³/mol. The molecule has 9 heteroatoms. The maximum atomic E-state index is 13.6. The fourth-order valence-electron chi connectivity index (χ4n) is 5.62. The van der Waals surface area contributed by atoms with Crippen LogP contribution in [0.2, 0.25) is 0 Å². The molecule has 2 aliphatic rings. The van der Waals surface area contributed by atoms with E-state index < -0.39 is 30.2 Å². The summed E-state index contributed by atoms with van der Waals surface area (Å²) in [6, 6.07) is 18.1. The van der Waals surface area contributed by atoms with Gasteiger partial charge in [-0.3, -0.25) is 14.5 Å². The molecule has 228 valence electrons. The van der Waals surface area contributed by atoms with Crippen molar-refractivity contribution in [3.63, 3.8) is 0 Å². The van der Waals surface area contributed by atoms with Gasteiger partial charge in [0.25, 0.3) is 5.91 Å². The highest BCUT2D eigenvalue weighted by atomic mass is 19.4. The summed E-state index contributed by atoms with van der Waals surface area (Å²) in [4.78, 5) is 28.9. The minimum absolute atomic E-state index is 0.193. The van der Waals surface area contributed by atoms with Crippen molar-refractivity contribution in [2.75, 3.05) is 26.2 Å². The van der Waals surface area contributed by atoms with Gasteiger partial charge < -0.3 is 14.7 Å². The van der Waals surface area contributed by atoms with Crippen molar-refractivity contribution in [2.45, 2.75) is 57.8 Å². The molecule has 1 N–H and O–H groups in total. The number of hydrogen-bond acceptors (Lipinski definition) is 4. The summed E-state index contributed by atoms with van der Waals surface area (Å²) in [5.74, 6) is -0.361. The highest BCUT2D eigenvalue weighted by Crippen LogP contribution is 2.32. The average Bonchev–Trinajstić information content (AvgIpc) is 3.78. The molecular formula is C34H37F3N2O4. The maximum absolute atomic E-state index is 13.6. The molecule has 0 atom stereocenters. The van der Waals surface area contributed by atoms with Gasteiger partial charge in [-0.2, -0.15) is 13.2 Å². The van der Waals surface area contributed by atoms with Crippen LogP contribution in [0.4, 0.5) is 13.2 Å². The Hall–Kier alpha value is -3.85. The summed E-state index contributed by atoms with van der Waals surface area (Å²) in [6.45, 7) is 2.71. The molecule has 3 aromatic carbocycles. The molecule has 1 fully saturated rings. The third-order valence-corrected chi connectivity index (χ3v) is 7.93. The molecule has 0 saturated heterocycles. The average molecular weight is 595 g/mol. The van der Waals surface area contributed by atoms with Crippen molar-refractivity contribution < 1.29 is 32.6 Å². The van der Waals surface area contributed by atoms with Gasteiger partial charge in [-0.15, -0.1) is 0 Å². The van der Waals surface area contributed by atoms with E-state index in [0.29, 0.717) is 18.8 Å². The lowest BCUT2D eigenvalue weighted by atomic mass is 9.99. The number of ether oxygens (including phenoxy) is 1. The zero-order valence-electron chi connectivity index (χ0n) is 24.1. The van der Waals surface area contributed by atoms with Crippen LogP contribution in [0.3, 0.4) is 0 Å². The Morgan fingerprint density at radius 1 is 0.953 bits per heavy atom. The number of carbonyl (C=O) groups is 2. The molecule has 1 amide bonds. The molecule has 6 nitrogen and oxygen atoms in total. The second-order valence-electron chi connectivity index (χ2n) is 11.7. The Morgan fingerprint density at radius 2 is 1.74 bits per heavy atom. The number of alkyl halides is 3. The highest BCUT2D eigenvalue weighted by molar-refractivity contribution is 5.96. The van der Waals surface area contributed by atoms with Gasteiger partial charge in [0.15, 0.2) is 0 Å². The van der Waals surface area contributed by atoms with E-state index in [4.69, 9.17) is 4.74 Å². The second kappa shape index (κ2) is 13.6. The van der Waals surface area contributed by atoms with Gasteiger partial charge in [-0.05, 0) is 97.2 Å². The first-order chi connectivity index (χ1) is 20.6. The van der Waals surface area contributed by atoms with Gasteiger partial charge in [-0.1, -0.05) is 36.4 Å². The lowest BCUT2D eigenvalue weighted by Crippen LogP contribution is -2.35. The van der Waals surface area contributed by atoms with Gasteiger partial charge >= 0.3 is 12.1 Å². The van der Waals surface area contributed by atoms with Crippen molar-refractivity contribution in [3.05, 3.63) is 100 Å². The summed E-state index contributed by atoms with van der Waals surface area (Å²) in [5, 5.41) is 9.50. The number of carbonyl (C=O) groups excluding carboxylic acids is 1. The largest absolute Gasteiger partial charge is 0.493 e. The van der Waals surface area contributed by atoms with E-state index in [-0.39, 0.29) is 17.7 Å². The van der Waals surface area contributed by atoms with E-state index in [9.17, 15) is 27.9 Å². The minimum Gasteiger partial charge on any atom is -0.493 e. The third kappa shape index (κ3) is 8.83. The van der Waals surface area contributed by atoms with E-state index in [2.05, 4.69) is 17.0 Å². The van der Waals surface area contributed by atoms with E-state index in [1.54, 1.807) is 18.2 Å². The molecule has 5 rings (SSSR count). The Bertz CT molecular complexity index is 1440. The monoisotopic (exact) mass is 594 g/mol. The summed E-state index contributed by atoms with van der Waals surface area (Å²) in [5.41, 5.74) is 2.70. The molecule has 1 heterocycles. The Labute approximate surface area is 250 Å². The van der Waals surface area contributed by atoms with Crippen LogP contribution in [0.5, 0.6) is 5.75 Å². The van der Waals surface area contributed by atoms with Gasteiger partial charge in [0.2, 0.25) is 0 Å². The van der Waals surface area contributed by atoms with Gasteiger partial charge in [0, 0.05) is 31.6 Å². The molecule has 0 aromatic heterocycles. The standard InChI is InChI=1S/C34H37F3N2O4/c35-34(36,37)30-9-5-8-27(18-30)22-39(23-32(40)41)33(42)28-12-13-31-29(19-28)17-25-6-4-7-26(16-25)21-38(20-24-10-11-24)14-2-1-3-15-43-31/h4-9,12-13,16,18-19,24H,1-3,10-11,14-15,17,20-23H2,(H,40,41). The Morgan fingerprint density at radius 3 is 2.51 bits per heavy atom. The number of halogens is 3. The lowest BCUT2D eigenvalue weighted by molar-refractivity contribution is -0.139. The maximum Gasteiger partial charge on any atom is 0.416 e. The van der Waals surface area contributed by atoms with Crippen LogP contribution in [-0.2, 0) is 30.5 Å². The quantitative estimate of drug-likeness (QED) is 0.326. The van der Waals surface area contributed by atoms with E-state index in [0.717, 1.165) is 73.0 Å². The normalized spacial score (nSPS) is 16.4. The summed E-state index contributed by atoms with van der Waals surface area (Å²) in [7, 11) is 0. The van der Waals surface area contributed by atoms with E-state index in [1.807, 2.05) is 12.1 Å². The molecule has 1 saturated carbocycles. The molecule has 0 spiro atoms. The van der Waals surface area contributed by atoms with Gasteiger partial charge in [0.1, 0.15) is 12.3 Å². The Balaban J connectivity index is 1.40. The van der Waals surface area contributed by atoms with Crippen molar-refractivity contribution in [1.29, 1.82) is 0 Å². The van der Waals surface area contributed by atoms with Crippen molar-refractivity contribution >= 4 is 11.9 Å². The summed E-state index contributed by atoms with van der Waals surface area (Å²) >= 11 is 0. The topological polar surface area (TPSA) is 70.1 Å². The minimum atomic E-state index is -4.55. The molecule has 1 aliphatic heterocycles. The van der Waals surface area contributed by atoms with Crippen LogP contribution in [0.25, 0.3) is 0 Å². The summed E-state index contributed by atoms with van der Waals surface area (Å²) in [6.07, 6.45) is 1.64. The van der Waals surface area contributed by atoms with Crippen molar-refractivity contribution in [3.8, 4) is 5.75 Å². The predicted octanol–water partition coefficient (Wildman–Crippen LogP) is 6.80. The van der Waals surface area contributed by atoms with Crippen LogP contribution in [0.15, 0.2) is 66.7 Å². The lowest BCUT2D eigenvalue weighted by Gasteiger charge is -2.24. The smallest absolute Gasteiger partial charge is 0.416 e. The molecule has 2 bridgehead atoms. The van der Waals surface area contributed by atoms with Crippen molar-refractivity contribution in [1.82, 2.24) is 9.80 Å². The first-order valence-corrected chi connectivity index (χ1v) is 14.9. The van der Waals surface area contributed by atoms with Crippen LogP contribution in [0.1, 0.15) is 70.3 Å². The fraction of sp³-hybridized carbons (Fsp3) is 0.412. The van der Waals surface area contributed by atoms with Crippen LogP contribution >= 0.6 is 0 Å². The molecule has 3 aromatic rings. The van der Waals surface area contributed by atoms with E-state index >= 15 is 0 Å². The second-order valence-corrected chi connectivity index (χ2v) is 11.7. The number of carboxylic acids is 1. The number of aliphatic carboxylic acids is 1.